The Morgan fingerprint density at radius 1 is 1.12 bits per heavy atom. The van der Waals surface area contributed by atoms with Crippen molar-refractivity contribution in [3.05, 3.63) is 29.8 Å². The van der Waals surface area contributed by atoms with Crippen LogP contribution < -0.4 is 10.5 Å². The normalized spacial score (nSPS) is 12.6. The molecule has 0 unspecified atom stereocenters. The van der Waals surface area contributed by atoms with Crippen molar-refractivity contribution in [3.63, 3.8) is 0 Å². The fraction of sp³-hybridized carbons (Fsp3) is 0.400. The van der Waals surface area contributed by atoms with Gasteiger partial charge in [-0.15, -0.1) is 0 Å². The molecule has 0 bridgehead atoms. The summed E-state index contributed by atoms with van der Waals surface area (Å²) >= 11 is 0. The molecule has 0 radical (unpaired) electrons. The van der Waals surface area contributed by atoms with Gasteiger partial charge in [0, 0.05) is 6.54 Å². The first-order chi connectivity index (χ1) is 7.76. The van der Waals surface area contributed by atoms with E-state index in [-0.39, 0.29) is 12.3 Å². The third-order valence-corrected chi connectivity index (χ3v) is 1.97. The number of nitrogens with two attached hydrogens (primary N) is 1. The van der Waals surface area contributed by atoms with Gasteiger partial charge in [0.15, 0.2) is 6.61 Å². The number of hydrogen-bond donors (Lipinski definition) is 1. The molecule has 1 rings (SSSR count). The van der Waals surface area contributed by atoms with Gasteiger partial charge >= 0.3 is 12.1 Å². The zero-order valence-corrected chi connectivity index (χ0v) is 8.60. The van der Waals surface area contributed by atoms with Gasteiger partial charge < -0.3 is 10.5 Å². The molecule has 0 saturated heterocycles. The maximum Gasteiger partial charge on any atom is 0.456 e. The average Bonchev–Trinajstić information content (AvgIpc) is 2.25. The minimum atomic E-state index is -5.61. The number of hydrogen-bond acceptors (Lipinski definition) is 2. The highest BCUT2D eigenvalue weighted by atomic mass is 19.4. The van der Waals surface area contributed by atoms with Crippen molar-refractivity contribution < 1.29 is 26.7 Å². The largest absolute Gasteiger partial charge is 0.487 e. The fourth-order valence-electron chi connectivity index (χ4n) is 1.02. The number of halogens is 5. The first-order valence-corrected chi connectivity index (χ1v) is 4.62. The first kappa shape index (κ1) is 13.7. The van der Waals surface area contributed by atoms with Gasteiger partial charge in [-0.3, -0.25) is 0 Å². The second-order valence-corrected chi connectivity index (χ2v) is 3.34. The van der Waals surface area contributed by atoms with E-state index in [1.165, 1.54) is 18.2 Å². The zero-order chi connectivity index (χ0) is 13.1. The van der Waals surface area contributed by atoms with Crippen molar-refractivity contribution >= 4 is 0 Å². The lowest BCUT2D eigenvalue weighted by Crippen LogP contribution is -2.41. The summed E-state index contributed by atoms with van der Waals surface area (Å²) in [5.41, 5.74) is 5.87. The molecule has 2 nitrogen and oxygen atoms in total. The molecule has 0 atom stereocenters. The van der Waals surface area contributed by atoms with E-state index in [0.717, 1.165) is 0 Å². The molecule has 0 aliphatic carbocycles. The molecular formula is C10H10F5NO. The van der Waals surface area contributed by atoms with Gasteiger partial charge in [-0.2, -0.15) is 22.0 Å². The van der Waals surface area contributed by atoms with E-state index in [1.807, 2.05) is 0 Å². The molecule has 2 N–H and O–H groups in total. The minimum Gasteiger partial charge on any atom is -0.487 e. The van der Waals surface area contributed by atoms with Gasteiger partial charge in [-0.05, 0) is 17.7 Å². The standard InChI is InChI=1S/C10H10F5NO/c11-9(12,10(13,14)15)6-17-8-3-1-2-7(4-8)5-16/h1-4H,5-6,16H2. The molecule has 17 heavy (non-hydrogen) atoms. The molecule has 0 aliphatic rings. The Labute approximate surface area is 94.2 Å². The van der Waals surface area contributed by atoms with Crippen LogP contribution in [0.5, 0.6) is 5.75 Å². The lowest BCUT2D eigenvalue weighted by molar-refractivity contribution is -0.290. The maximum absolute atomic E-state index is 12.5. The van der Waals surface area contributed by atoms with E-state index in [4.69, 9.17) is 5.73 Å². The zero-order valence-electron chi connectivity index (χ0n) is 8.60. The Morgan fingerprint density at radius 2 is 1.76 bits per heavy atom. The van der Waals surface area contributed by atoms with Gasteiger partial charge in [0.25, 0.3) is 0 Å². The Kier molecular flexibility index (Phi) is 3.92. The summed E-state index contributed by atoms with van der Waals surface area (Å²) in [5.74, 6) is -4.94. The summed E-state index contributed by atoms with van der Waals surface area (Å²) in [6, 6.07) is 5.66. The van der Waals surface area contributed by atoms with Crippen LogP contribution in [-0.4, -0.2) is 18.7 Å². The number of benzene rings is 1. The number of rotatable bonds is 4. The number of alkyl halides is 5. The quantitative estimate of drug-likeness (QED) is 0.839. The van der Waals surface area contributed by atoms with Crippen LogP contribution in [0.2, 0.25) is 0 Å². The molecule has 7 heteroatoms. The van der Waals surface area contributed by atoms with Gasteiger partial charge in [0.2, 0.25) is 0 Å². The summed E-state index contributed by atoms with van der Waals surface area (Å²) in [5, 5.41) is 0. The van der Waals surface area contributed by atoms with Crippen molar-refractivity contribution in [1.29, 1.82) is 0 Å². The van der Waals surface area contributed by atoms with Crippen LogP contribution in [0, 0.1) is 0 Å². The van der Waals surface area contributed by atoms with Crippen LogP contribution in [0.4, 0.5) is 22.0 Å². The molecule has 0 heterocycles. The van der Waals surface area contributed by atoms with Gasteiger partial charge in [0.1, 0.15) is 5.75 Å². The second kappa shape index (κ2) is 4.87. The van der Waals surface area contributed by atoms with E-state index in [1.54, 1.807) is 6.07 Å². The predicted molar refractivity (Wildman–Crippen MR) is 50.8 cm³/mol. The maximum atomic E-state index is 12.5. The van der Waals surface area contributed by atoms with Crippen LogP contribution in [0.1, 0.15) is 5.56 Å². The van der Waals surface area contributed by atoms with Gasteiger partial charge in [0.05, 0.1) is 0 Å². The van der Waals surface area contributed by atoms with Crippen molar-refractivity contribution in [2.45, 2.75) is 18.6 Å². The van der Waals surface area contributed by atoms with Crippen molar-refractivity contribution in [1.82, 2.24) is 0 Å². The molecular weight excluding hydrogens is 245 g/mol. The highest BCUT2D eigenvalue weighted by Gasteiger charge is 2.58. The second-order valence-electron chi connectivity index (χ2n) is 3.34. The fourth-order valence-corrected chi connectivity index (χ4v) is 1.02. The van der Waals surface area contributed by atoms with Gasteiger partial charge in [-0.1, -0.05) is 12.1 Å². The van der Waals surface area contributed by atoms with Crippen molar-refractivity contribution in [3.8, 4) is 5.75 Å². The van der Waals surface area contributed by atoms with Gasteiger partial charge in [-0.25, -0.2) is 0 Å². The highest BCUT2D eigenvalue weighted by Crippen LogP contribution is 2.35. The Morgan fingerprint density at radius 3 is 2.29 bits per heavy atom. The molecule has 0 fully saturated rings. The Bertz CT molecular complexity index is 377. The van der Waals surface area contributed by atoms with E-state index in [0.29, 0.717) is 5.56 Å². The molecule has 0 aromatic heterocycles. The topological polar surface area (TPSA) is 35.2 Å². The Hall–Kier alpha value is -1.37. The third-order valence-electron chi connectivity index (χ3n) is 1.97. The molecule has 0 saturated carbocycles. The van der Waals surface area contributed by atoms with Crippen LogP contribution in [-0.2, 0) is 6.54 Å². The molecule has 0 spiro atoms. The summed E-state index contributed by atoms with van der Waals surface area (Å²) in [6.45, 7) is -1.60. The van der Waals surface area contributed by atoms with Crippen molar-refractivity contribution in [2.75, 3.05) is 6.61 Å². The lowest BCUT2D eigenvalue weighted by atomic mass is 10.2. The first-order valence-electron chi connectivity index (χ1n) is 4.62. The SMILES string of the molecule is NCc1cccc(OCC(F)(F)C(F)(F)F)c1. The predicted octanol–water partition coefficient (Wildman–Crippen LogP) is 2.72. The monoisotopic (exact) mass is 255 g/mol. The summed E-state index contributed by atoms with van der Waals surface area (Å²) in [7, 11) is 0. The molecule has 0 aliphatic heterocycles. The number of ether oxygens (including phenoxy) is 1. The van der Waals surface area contributed by atoms with E-state index >= 15 is 0 Å². The summed E-state index contributed by atoms with van der Waals surface area (Å²) < 4.78 is 65.0. The third kappa shape index (κ3) is 3.55. The van der Waals surface area contributed by atoms with Crippen LogP contribution in [0.15, 0.2) is 24.3 Å². The average molecular weight is 255 g/mol. The molecule has 1 aromatic carbocycles. The smallest absolute Gasteiger partial charge is 0.456 e. The molecule has 1 aromatic rings. The van der Waals surface area contributed by atoms with Crippen molar-refractivity contribution in [2.24, 2.45) is 5.73 Å². The molecule has 96 valence electrons. The van der Waals surface area contributed by atoms with E-state index in [9.17, 15) is 22.0 Å². The summed E-state index contributed by atoms with van der Waals surface area (Å²) in [6.07, 6.45) is -5.61. The molecule has 0 amide bonds. The van der Waals surface area contributed by atoms with Crippen LogP contribution in [0.25, 0.3) is 0 Å². The van der Waals surface area contributed by atoms with E-state index < -0.39 is 18.7 Å². The van der Waals surface area contributed by atoms with Crippen LogP contribution >= 0.6 is 0 Å². The Balaban J connectivity index is 2.67. The minimum absolute atomic E-state index is 0.0723. The van der Waals surface area contributed by atoms with Crippen LogP contribution in [0.3, 0.4) is 0 Å². The van der Waals surface area contributed by atoms with E-state index in [2.05, 4.69) is 4.74 Å². The highest BCUT2D eigenvalue weighted by molar-refractivity contribution is 5.28. The lowest BCUT2D eigenvalue weighted by Gasteiger charge is -2.19. The summed E-state index contributed by atoms with van der Waals surface area (Å²) in [4.78, 5) is 0.